The third-order valence-corrected chi connectivity index (χ3v) is 3.02. The molecular formula is C18H28O4. The quantitative estimate of drug-likeness (QED) is 0.606. The van der Waals surface area contributed by atoms with Gasteiger partial charge in [0.25, 0.3) is 6.47 Å². The number of ether oxygens (including phenoxy) is 2. The average molecular weight is 308 g/mol. The summed E-state index contributed by atoms with van der Waals surface area (Å²) in [7, 11) is 2.93. The van der Waals surface area contributed by atoms with Gasteiger partial charge in [-0.15, -0.1) is 0 Å². The molecule has 0 spiro atoms. The number of Topliss-reactive ketones (excluding diaryl/α,β-unsaturated/α-hetero) is 1. The Morgan fingerprint density at radius 3 is 2.09 bits per heavy atom. The summed E-state index contributed by atoms with van der Waals surface area (Å²) in [6, 6.07) is 7.38. The summed E-state index contributed by atoms with van der Waals surface area (Å²) in [6.45, 7) is 10.9. The third-order valence-electron chi connectivity index (χ3n) is 3.02. The minimum absolute atomic E-state index is 0.137. The highest BCUT2D eigenvalue weighted by atomic mass is 16.5. The van der Waals surface area contributed by atoms with E-state index in [0.717, 1.165) is 17.7 Å². The van der Waals surface area contributed by atoms with Crippen LogP contribution in [-0.4, -0.2) is 26.5 Å². The van der Waals surface area contributed by atoms with Crippen molar-refractivity contribution < 1.29 is 19.1 Å². The highest BCUT2D eigenvalue weighted by molar-refractivity contribution is 6.00. The molecule has 1 aromatic carbocycles. The Labute approximate surface area is 133 Å². The van der Waals surface area contributed by atoms with Crippen molar-refractivity contribution in [3.05, 3.63) is 29.8 Å². The lowest BCUT2D eigenvalue weighted by molar-refractivity contribution is -0.126. The minimum atomic E-state index is -0.357. The summed E-state index contributed by atoms with van der Waals surface area (Å²) < 4.78 is 9.03. The predicted octanol–water partition coefficient (Wildman–Crippen LogP) is 4.13. The Bertz CT molecular complexity index is 484. The molecule has 22 heavy (non-hydrogen) atoms. The fourth-order valence-electron chi connectivity index (χ4n) is 2.56. The molecule has 0 aromatic heterocycles. The van der Waals surface area contributed by atoms with E-state index in [0.29, 0.717) is 6.47 Å². The molecule has 0 fully saturated rings. The molecule has 1 aromatic rings. The lowest BCUT2D eigenvalue weighted by Gasteiger charge is -2.31. The summed E-state index contributed by atoms with van der Waals surface area (Å²) in [5.41, 5.74) is 0.506. The summed E-state index contributed by atoms with van der Waals surface area (Å²) in [5, 5.41) is 0. The SMILES string of the molecule is COC=O.COc1cccc(C(=O)C(C)(C)CC(C)(C)C)c1. The van der Waals surface area contributed by atoms with Crippen LogP contribution < -0.4 is 4.74 Å². The van der Waals surface area contributed by atoms with Crippen LogP contribution >= 0.6 is 0 Å². The van der Waals surface area contributed by atoms with E-state index in [1.165, 1.54) is 7.11 Å². The van der Waals surface area contributed by atoms with E-state index in [9.17, 15) is 4.79 Å². The average Bonchev–Trinajstić information content (AvgIpc) is 2.44. The van der Waals surface area contributed by atoms with Crippen LogP contribution in [0.25, 0.3) is 0 Å². The zero-order valence-electron chi connectivity index (χ0n) is 14.7. The molecule has 1 rings (SSSR count). The van der Waals surface area contributed by atoms with Gasteiger partial charge < -0.3 is 9.47 Å². The van der Waals surface area contributed by atoms with E-state index in [1.807, 2.05) is 38.1 Å². The fraction of sp³-hybridized carbons (Fsp3) is 0.556. The molecule has 0 atom stereocenters. The van der Waals surface area contributed by atoms with E-state index in [1.54, 1.807) is 7.11 Å². The lowest BCUT2D eigenvalue weighted by Crippen LogP contribution is -2.29. The Morgan fingerprint density at radius 1 is 1.14 bits per heavy atom. The minimum Gasteiger partial charge on any atom is -0.497 e. The number of rotatable bonds is 5. The first-order chi connectivity index (χ1) is 10.1. The van der Waals surface area contributed by atoms with E-state index >= 15 is 0 Å². The van der Waals surface area contributed by atoms with Gasteiger partial charge in [-0.3, -0.25) is 9.59 Å². The number of carbonyl (C=O) groups is 2. The predicted molar refractivity (Wildman–Crippen MR) is 88.3 cm³/mol. The molecule has 0 aliphatic heterocycles. The van der Waals surface area contributed by atoms with E-state index in [4.69, 9.17) is 9.53 Å². The number of hydrogen-bond donors (Lipinski definition) is 0. The maximum absolute atomic E-state index is 12.6. The molecule has 0 radical (unpaired) electrons. The molecule has 0 saturated carbocycles. The van der Waals surface area contributed by atoms with Gasteiger partial charge in [-0.1, -0.05) is 46.8 Å². The zero-order chi connectivity index (χ0) is 17.4. The van der Waals surface area contributed by atoms with Crippen molar-refractivity contribution in [2.45, 2.75) is 41.0 Å². The summed E-state index contributed by atoms with van der Waals surface area (Å²) in [5.74, 6) is 0.906. The Morgan fingerprint density at radius 2 is 1.68 bits per heavy atom. The zero-order valence-corrected chi connectivity index (χ0v) is 14.7. The van der Waals surface area contributed by atoms with Crippen LogP contribution in [0.2, 0.25) is 0 Å². The topological polar surface area (TPSA) is 52.6 Å². The van der Waals surface area contributed by atoms with Crippen molar-refractivity contribution in [3.63, 3.8) is 0 Å². The molecule has 0 saturated heterocycles. The molecule has 0 aliphatic rings. The smallest absolute Gasteiger partial charge is 0.292 e. The fourth-order valence-corrected chi connectivity index (χ4v) is 2.56. The molecule has 0 N–H and O–H groups in total. The number of carbonyl (C=O) groups excluding carboxylic acids is 2. The number of methoxy groups -OCH3 is 2. The Kier molecular flexibility index (Phi) is 7.85. The van der Waals surface area contributed by atoms with Crippen molar-refractivity contribution >= 4 is 12.3 Å². The Hall–Kier alpha value is -1.84. The van der Waals surface area contributed by atoms with Crippen LogP contribution in [0, 0.1) is 10.8 Å². The first-order valence-electron chi connectivity index (χ1n) is 7.22. The van der Waals surface area contributed by atoms with Crippen LogP contribution in [0.15, 0.2) is 24.3 Å². The Balaban J connectivity index is 0.000000980. The van der Waals surface area contributed by atoms with Gasteiger partial charge in [0.15, 0.2) is 5.78 Å². The van der Waals surface area contributed by atoms with Gasteiger partial charge in [0, 0.05) is 11.0 Å². The molecule has 4 nitrogen and oxygen atoms in total. The van der Waals surface area contributed by atoms with E-state index in [-0.39, 0.29) is 16.6 Å². The third kappa shape index (κ3) is 7.25. The van der Waals surface area contributed by atoms with Gasteiger partial charge in [-0.05, 0) is 24.0 Å². The maximum atomic E-state index is 12.6. The van der Waals surface area contributed by atoms with E-state index in [2.05, 4.69) is 25.5 Å². The molecular weight excluding hydrogens is 280 g/mol. The molecule has 0 bridgehead atoms. The number of hydrogen-bond acceptors (Lipinski definition) is 4. The second kappa shape index (κ2) is 8.57. The summed E-state index contributed by atoms with van der Waals surface area (Å²) in [4.78, 5) is 21.5. The summed E-state index contributed by atoms with van der Waals surface area (Å²) >= 11 is 0. The normalized spacial score (nSPS) is 11.0. The van der Waals surface area contributed by atoms with Crippen molar-refractivity contribution in [3.8, 4) is 5.75 Å². The lowest BCUT2D eigenvalue weighted by atomic mass is 9.72. The van der Waals surface area contributed by atoms with Crippen LogP contribution in [-0.2, 0) is 9.53 Å². The second-order valence-corrected chi connectivity index (χ2v) is 7.01. The first-order valence-corrected chi connectivity index (χ1v) is 7.22. The molecule has 0 heterocycles. The van der Waals surface area contributed by atoms with Gasteiger partial charge in [0.1, 0.15) is 5.75 Å². The van der Waals surface area contributed by atoms with Crippen LogP contribution in [0.5, 0.6) is 5.75 Å². The van der Waals surface area contributed by atoms with Crippen LogP contribution in [0.1, 0.15) is 51.4 Å². The molecule has 0 aliphatic carbocycles. The highest BCUT2D eigenvalue weighted by Gasteiger charge is 2.33. The molecule has 0 unspecified atom stereocenters. The van der Waals surface area contributed by atoms with Gasteiger partial charge in [0.05, 0.1) is 14.2 Å². The van der Waals surface area contributed by atoms with Gasteiger partial charge in [-0.2, -0.15) is 0 Å². The number of ketones is 1. The highest BCUT2D eigenvalue weighted by Crippen LogP contribution is 2.36. The molecule has 4 heteroatoms. The molecule has 124 valence electrons. The van der Waals surface area contributed by atoms with E-state index < -0.39 is 0 Å². The monoisotopic (exact) mass is 308 g/mol. The standard InChI is InChI=1S/C16H24O2.C2H4O2/c1-15(2,3)11-16(4,5)14(17)12-8-7-9-13(10-12)18-6;1-4-2-3/h7-10H,11H2,1-6H3;2H,1H3. The van der Waals surface area contributed by atoms with Gasteiger partial charge in [-0.25, -0.2) is 0 Å². The molecule has 0 amide bonds. The van der Waals surface area contributed by atoms with Crippen molar-refractivity contribution in [2.75, 3.05) is 14.2 Å². The second-order valence-electron chi connectivity index (χ2n) is 7.01. The van der Waals surface area contributed by atoms with Crippen LogP contribution in [0.3, 0.4) is 0 Å². The van der Waals surface area contributed by atoms with Crippen molar-refractivity contribution in [1.82, 2.24) is 0 Å². The van der Waals surface area contributed by atoms with Crippen molar-refractivity contribution in [1.29, 1.82) is 0 Å². The van der Waals surface area contributed by atoms with Crippen LogP contribution in [0.4, 0.5) is 0 Å². The van der Waals surface area contributed by atoms with Crippen molar-refractivity contribution in [2.24, 2.45) is 10.8 Å². The number of benzene rings is 1. The largest absolute Gasteiger partial charge is 0.497 e. The van der Waals surface area contributed by atoms with Gasteiger partial charge in [0.2, 0.25) is 0 Å². The summed E-state index contributed by atoms with van der Waals surface area (Å²) in [6.07, 6.45) is 0.857. The maximum Gasteiger partial charge on any atom is 0.292 e. The van der Waals surface area contributed by atoms with Gasteiger partial charge >= 0.3 is 0 Å². The first kappa shape index (κ1) is 20.2.